The second-order valence-corrected chi connectivity index (χ2v) is 5.38. The number of carboxylic acid groups (broad SMARTS) is 1. The molecule has 116 valence electrons. The zero-order valence-corrected chi connectivity index (χ0v) is 12.7. The van der Waals surface area contributed by atoms with Crippen LogP contribution in [-0.2, 0) is 17.9 Å². The molecule has 1 unspecified atom stereocenters. The van der Waals surface area contributed by atoms with E-state index in [0.29, 0.717) is 26.1 Å². The van der Waals surface area contributed by atoms with Gasteiger partial charge in [0.2, 0.25) is 0 Å². The molecule has 0 radical (unpaired) electrons. The van der Waals surface area contributed by atoms with Gasteiger partial charge in [0.15, 0.2) is 0 Å². The summed E-state index contributed by atoms with van der Waals surface area (Å²) < 4.78 is 0. The standard InChI is InChI=1S/C17H21N3O2/c1-14(17(21)22)8-11-20(12-15-6-2-4-9-18-15)13-16-7-3-5-10-19-16/h2-7,9-10,14H,8,11-13H2,1H3,(H,21,22). The number of aromatic nitrogens is 2. The van der Waals surface area contributed by atoms with E-state index in [1.165, 1.54) is 0 Å². The molecule has 0 saturated carbocycles. The topological polar surface area (TPSA) is 66.3 Å². The van der Waals surface area contributed by atoms with Crippen LogP contribution in [0.25, 0.3) is 0 Å². The molecule has 0 aliphatic carbocycles. The monoisotopic (exact) mass is 299 g/mol. The minimum atomic E-state index is -0.754. The maximum Gasteiger partial charge on any atom is 0.306 e. The van der Waals surface area contributed by atoms with Gasteiger partial charge in [0, 0.05) is 25.5 Å². The third kappa shape index (κ3) is 5.26. The largest absolute Gasteiger partial charge is 0.481 e. The van der Waals surface area contributed by atoms with E-state index in [1.807, 2.05) is 36.4 Å². The molecule has 2 rings (SSSR count). The molecule has 0 spiro atoms. The Morgan fingerprint density at radius 3 is 2.05 bits per heavy atom. The van der Waals surface area contributed by atoms with Crippen molar-refractivity contribution in [3.63, 3.8) is 0 Å². The number of nitrogens with zero attached hydrogens (tertiary/aromatic N) is 3. The Kier molecular flexibility index (Phi) is 6.03. The normalized spacial score (nSPS) is 12.3. The van der Waals surface area contributed by atoms with Crippen LogP contribution < -0.4 is 0 Å². The van der Waals surface area contributed by atoms with Crippen LogP contribution in [0, 0.1) is 5.92 Å². The van der Waals surface area contributed by atoms with Crippen LogP contribution in [0.2, 0.25) is 0 Å². The van der Waals surface area contributed by atoms with Crippen LogP contribution >= 0.6 is 0 Å². The fraction of sp³-hybridized carbons (Fsp3) is 0.353. The van der Waals surface area contributed by atoms with Gasteiger partial charge >= 0.3 is 5.97 Å². The predicted octanol–water partition coefficient (Wildman–Crippen LogP) is 2.59. The summed E-state index contributed by atoms with van der Waals surface area (Å²) in [6.45, 7) is 3.80. The minimum Gasteiger partial charge on any atom is -0.481 e. The van der Waals surface area contributed by atoms with E-state index in [-0.39, 0.29) is 5.92 Å². The number of hydrogen-bond acceptors (Lipinski definition) is 4. The molecule has 2 heterocycles. The number of hydrogen-bond donors (Lipinski definition) is 1. The van der Waals surface area contributed by atoms with E-state index in [0.717, 1.165) is 11.4 Å². The molecular formula is C17H21N3O2. The van der Waals surface area contributed by atoms with Crippen molar-refractivity contribution >= 4 is 5.97 Å². The second-order valence-electron chi connectivity index (χ2n) is 5.38. The Balaban J connectivity index is 2.01. The fourth-order valence-corrected chi connectivity index (χ4v) is 2.16. The van der Waals surface area contributed by atoms with Crippen molar-refractivity contribution in [2.75, 3.05) is 6.54 Å². The summed E-state index contributed by atoms with van der Waals surface area (Å²) in [5.41, 5.74) is 1.95. The van der Waals surface area contributed by atoms with E-state index in [1.54, 1.807) is 19.3 Å². The lowest BCUT2D eigenvalue weighted by atomic mass is 10.1. The molecule has 2 aromatic rings. The Hall–Kier alpha value is -2.27. The Morgan fingerprint density at radius 1 is 1.09 bits per heavy atom. The summed E-state index contributed by atoms with van der Waals surface area (Å²) in [7, 11) is 0. The van der Waals surface area contributed by atoms with Gasteiger partial charge in [-0.05, 0) is 37.2 Å². The number of carbonyl (C=O) groups is 1. The summed E-state index contributed by atoms with van der Waals surface area (Å²) >= 11 is 0. The van der Waals surface area contributed by atoms with Gasteiger partial charge in [-0.2, -0.15) is 0 Å². The van der Waals surface area contributed by atoms with Gasteiger partial charge in [-0.3, -0.25) is 19.7 Å². The van der Waals surface area contributed by atoms with Gasteiger partial charge in [0.05, 0.1) is 17.3 Å². The predicted molar refractivity (Wildman–Crippen MR) is 84.0 cm³/mol. The SMILES string of the molecule is CC(CCN(Cc1ccccn1)Cc1ccccn1)C(=O)O. The quantitative estimate of drug-likeness (QED) is 0.811. The molecule has 2 aromatic heterocycles. The molecule has 0 aromatic carbocycles. The summed E-state index contributed by atoms with van der Waals surface area (Å²) in [5, 5.41) is 9.03. The summed E-state index contributed by atoms with van der Waals surface area (Å²) in [6, 6.07) is 11.7. The molecule has 0 aliphatic rings. The van der Waals surface area contributed by atoms with E-state index >= 15 is 0 Å². The summed E-state index contributed by atoms with van der Waals surface area (Å²) in [5.74, 6) is -1.11. The molecule has 5 nitrogen and oxygen atoms in total. The fourth-order valence-electron chi connectivity index (χ4n) is 2.16. The Labute approximate surface area is 130 Å². The first-order valence-corrected chi connectivity index (χ1v) is 7.40. The zero-order valence-electron chi connectivity index (χ0n) is 12.7. The number of rotatable bonds is 8. The van der Waals surface area contributed by atoms with Gasteiger partial charge in [0.1, 0.15) is 0 Å². The maximum absolute atomic E-state index is 11.0. The van der Waals surface area contributed by atoms with Crippen molar-refractivity contribution in [2.45, 2.75) is 26.4 Å². The molecule has 0 saturated heterocycles. The molecular weight excluding hydrogens is 278 g/mol. The Bertz CT molecular complexity index is 533. The van der Waals surface area contributed by atoms with Crippen LogP contribution in [0.5, 0.6) is 0 Å². The molecule has 0 bridgehead atoms. The van der Waals surface area contributed by atoms with Crippen molar-refractivity contribution in [1.29, 1.82) is 0 Å². The highest BCUT2D eigenvalue weighted by atomic mass is 16.4. The smallest absolute Gasteiger partial charge is 0.306 e. The second kappa shape index (κ2) is 8.24. The lowest BCUT2D eigenvalue weighted by Crippen LogP contribution is -2.27. The molecule has 0 aliphatic heterocycles. The van der Waals surface area contributed by atoms with Crippen LogP contribution in [0.15, 0.2) is 48.8 Å². The molecule has 5 heteroatoms. The minimum absolute atomic E-state index is 0.352. The van der Waals surface area contributed by atoms with Gasteiger partial charge in [-0.25, -0.2) is 0 Å². The highest BCUT2D eigenvalue weighted by Gasteiger charge is 2.14. The van der Waals surface area contributed by atoms with Gasteiger partial charge in [0.25, 0.3) is 0 Å². The molecule has 1 N–H and O–H groups in total. The average molecular weight is 299 g/mol. The number of aliphatic carboxylic acids is 1. The third-order valence-corrected chi connectivity index (χ3v) is 3.52. The lowest BCUT2D eigenvalue weighted by Gasteiger charge is -2.22. The first-order chi connectivity index (χ1) is 10.6. The van der Waals surface area contributed by atoms with E-state index in [4.69, 9.17) is 5.11 Å². The van der Waals surface area contributed by atoms with Gasteiger partial charge in [-0.1, -0.05) is 19.1 Å². The van der Waals surface area contributed by atoms with Crippen LogP contribution in [-0.4, -0.2) is 32.5 Å². The average Bonchev–Trinajstić information content (AvgIpc) is 2.54. The van der Waals surface area contributed by atoms with Crippen molar-refractivity contribution in [3.05, 3.63) is 60.2 Å². The highest BCUT2D eigenvalue weighted by Crippen LogP contribution is 2.10. The first-order valence-electron chi connectivity index (χ1n) is 7.40. The maximum atomic E-state index is 11.0. The molecule has 0 fully saturated rings. The summed E-state index contributed by atoms with van der Waals surface area (Å²) in [6.07, 6.45) is 4.15. The van der Waals surface area contributed by atoms with E-state index in [2.05, 4.69) is 14.9 Å². The zero-order chi connectivity index (χ0) is 15.8. The highest BCUT2D eigenvalue weighted by molar-refractivity contribution is 5.69. The number of pyridine rings is 2. The molecule has 0 amide bonds. The summed E-state index contributed by atoms with van der Waals surface area (Å²) in [4.78, 5) is 21.9. The van der Waals surface area contributed by atoms with E-state index in [9.17, 15) is 4.79 Å². The van der Waals surface area contributed by atoms with E-state index < -0.39 is 5.97 Å². The molecule has 22 heavy (non-hydrogen) atoms. The van der Waals surface area contributed by atoms with Gasteiger partial charge < -0.3 is 5.11 Å². The van der Waals surface area contributed by atoms with Crippen molar-refractivity contribution in [3.8, 4) is 0 Å². The third-order valence-electron chi connectivity index (χ3n) is 3.52. The Morgan fingerprint density at radius 2 is 1.64 bits per heavy atom. The lowest BCUT2D eigenvalue weighted by molar-refractivity contribution is -0.141. The van der Waals surface area contributed by atoms with Gasteiger partial charge in [-0.15, -0.1) is 0 Å². The van der Waals surface area contributed by atoms with Crippen molar-refractivity contribution in [1.82, 2.24) is 14.9 Å². The van der Waals surface area contributed by atoms with Crippen molar-refractivity contribution < 1.29 is 9.90 Å². The first kappa shape index (κ1) is 16.1. The number of carboxylic acids is 1. The van der Waals surface area contributed by atoms with Crippen molar-refractivity contribution in [2.24, 2.45) is 5.92 Å². The molecule has 1 atom stereocenters. The van der Waals surface area contributed by atoms with Crippen LogP contribution in [0.3, 0.4) is 0 Å². The van der Waals surface area contributed by atoms with Crippen LogP contribution in [0.1, 0.15) is 24.7 Å². The van der Waals surface area contributed by atoms with Crippen LogP contribution in [0.4, 0.5) is 0 Å².